The molecule has 0 bridgehead atoms. The van der Waals surface area contributed by atoms with Gasteiger partial charge < -0.3 is 34.2 Å². The van der Waals surface area contributed by atoms with Crippen molar-refractivity contribution in [2.24, 2.45) is 0 Å². The van der Waals surface area contributed by atoms with Gasteiger partial charge in [-0.1, -0.05) is 321 Å². The molecule has 5 atom stereocenters. The molecule has 0 fully saturated rings. The number of phosphoric ester groups is 2. The number of ether oxygens (including phenoxy) is 3. The van der Waals surface area contributed by atoms with E-state index in [0.29, 0.717) is 19.3 Å². The first-order chi connectivity index (χ1) is 52.2. The average Bonchev–Trinajstić information content (AvgIpc) is 0.906. The molecule has 0 saturated heterocycles. The minimum Gasteiger partial charge on any atom is -0.463 e. The maximum atomic E-state index is 13.0. The van der Waals surface area contributed by atoms with E-state index < -0.39 is 91.5 Å². The molecule has 0 rings (SSSR count). The number of hydrogen-bond donors (Lipinski definition) is 4. The van der Waals surface area contributed by atoms with Crippen molar-refractivity contribution >= 4 is 33.6 Å². The second-order valence-corrected chi connectivity index (χ2v) is 30.8. The third kappa shape index (κ3) is 82.2. The van der Waals surface area contributed by atoms with E-state index in [2.05, 4.69) is 167 Å². The lowest BCUT2D eigenvalue weighted by Gasteiger charge is -2.21. The summed E-state index contributed by atoms with van der Waals surface area (Å²) in [6.45, 7) is 2.50. The van der Waals surface area contributed by atoms with Crippen LogP contribution in [-0.2, 0) is 55.8 Å². The second-order valence-electron chi connectivity index (χ2n) is 27.9. The van der Waals surface area contributed by atoms with Gasteiger partial charge in [-0.3, -0.25) is 32.5 Å². The normalized spacial score (nSPS) is 14.6. The number of hydrogen-bond acceptors (Lipinski definition) is 14. The summed E-state index contributed by atoms with van der Waals surface area (Å²) in [6.07, 6.45) is 100. The zero-order valence-corrected chi connectivity index (χ0v) is 69.1. The molecular formula is C89H152O16P2. The topological polar surface area (TPSA) is 231 Å². The van der Waals surface area contributed by atoms with E-state index in [0.717, 1.165) is 161 Å². The fraction of sp³-hybridized carbons (Fsp3) is 0.697. The van der Waals surface area contributed by atoms with Crippen LogP contribution in [0.5, 0.6) is 0 Å². The van der Waals surface area contributed by atoms with E-state index in [-0.39, 0.29) is 19.3 Å². The predicted octanol–water partition coefficient (Wildman–Crippen LogP) is 25.2. The molecule has 4 N–H and O–H groups in total. The van der Waals surface area contributed by atoms with Gasteiger partial charge in [-0.05, 0) is 148 Å². The Hall–Kier alpha value is -4.57. The van der Waals surface area contributed by atoms with Crippen molar-refractivity contribution in [1.82, 2.24) is 0 Å². The quantitative estimate of drug-likeness (QED) is 0.0146. The first-order valence-electron chi connectivity index (χ1n) is 42.1. The first-order valence-corrected chi connectivity index (χ1v) is 45.1. The Balaban J connectivity index is 4.57. The highest BCUT2D eigenvalue weighted by atomic mass is 31.2. The van der Waals surface area contributed by atoms with Crippen molar-refractivity contribution in [2.75, 3.05) is 39.6 Å². The SMILES string of the molecule is CC/C=C\C/C=C\C/C=C\C/C=C\C/C=C\CCCCCCCCCCCCCCCCCC(=O)OCC(O)COP(=O)(O)OCC(O)COP(=O)(O)OCC(COC(=O)CCCCCCC/C=C\C/C=C\C/C=C\C/C=C\CCCCC)OC(=O)CCCCCCCC/C=C\C/C=C\C/C=C\CCCCC. The lowest BCUT2D eigenvalue weighted by atomic mass is 10.0. The summed E-state index contributed by atoms with van der Waals surface area (Å²) < 4.78 is 61.3. The Kier molecular flexibility index (Phi) is 77.5. The Morgan fingerprint density at radius 1 is 0.271 bits per heavy atom. The molecule has 16 nitrogen and oxygen atoms in total. The smallest absolute Gasteiger partial charge is 0.463 e. The minimum atomic E-state index is -4.95. The maximum absolute atomic E-state index is 13.0. The zero-order chi connectivity index (χ0) is 78.0. The molecule has 0 radical (unpaired) electrons. The molecule has 0 aliphatic heterocycles. The van der Waals surface area contributed by atoms with E-state index in [1.807, 2.05) is 0 Å². The fourth-order valence-corrected chi connectivity index (χ4v) is 12.7. The molecule has 0 aromatic rings. The van der Waals surface area contributed by atoms with E-state index >= 15 is 0 Å². The summed E-state index contributed by atoms with van der Waals surface area (Å²) in [6, 6.07) is 0. The number of unbranched alkanes of at least 4 members (excludes halogenated alkanes) is 32. The Bertz CT molecular complexity index is 2530. The lowest BCUT2D eigenvalue weighted by molar-refractivity contribution is -0.161. The lowest BCUT2D eigenvalue weighted by Crippen LogP contribution is -2.30. The van der Waals surface area contributed by atoms with Gasteiger partial charge in [0.2, 0.25) is 0 Å². The van der Waals surface area contributed by atoms with Crippen molar-refractivity contribution in [1.29, 1.82) is 0 Å². The van der Waals surface area contributed by atoms with Gasteiger partial charge in [-0.25, -0.2) is 9.13 Å². The number of carbonyl (C=O) groups is 3. The summed E-state index contributed by atoms with van der Waals surface area (Å²) in [5.41, 5.74) is 0. The van der Waals surface area contributed by atoms with Gasteiger partial charge in [0, 0.05) is 19.3 Å². The zero-order valence-electron chi connectivity index (χ0n) is 67.3. The number of allylic oxidation sites excluding steroid dienone is 24. The maximum Gasteiger partial charge on any atom is 0.472 e. The van der Waals surface area contributed by atoms with Crippen LogP contribution in [0.25, 0.3) is 0 Å². The number of rotatable bonds is 79. The molecule has 18 heteroatoms. The van der Waals surface area contributed by atoms with Crippen LogP contribution in [0.15, 0.2) is 146 Å². The van der Waals surface area contributed by atoms with Gasteiger partial charge in [0.1, 0.15) is 25.4 Å². The van der Waals surface area contributed by atoms with E-state index in [4.69, 9.17) is 32.3 Å². The molecule has 0 aromatic heterocycles. The van der Waals surface area contributed by atoms with Crippen molar-refractivity contribution in [2.45, 2.75) is 360 Å². The highest BCUT2D eigenvalue weighted by Gasteiger charge is 2.29. The molecule has 107 heavy (non-hydrogen) atoms. The van der Waals surface area contributed by atoms with Gasteiger partial charge in [-0.2, -0.15) is 0 Å². The second kappa shape index (κ2) is 80.9. The average molecular weight is 1540 g/mol. The predicted molar refractivity (Wildman–Crippen MR) is 445 cm³/mol. The van der Waals surface area contributed by atoms with Gasteiger partial charge in [0.15, 0.2) is 6.10 Å². The molecule has 0 aromatic carbocycles. The van der Waals surface area contributed by atoms with Crippen molar-refractivity contribution in [3.05, 3.63) is 146 Å². The van der Waals surface area contributed by atoms with Crippen LogP contribution in [0.1, 0.15) is 342 Å². The highest BCUT2D eigenvalue weighted by Crippen LogP contribution is 2.45. The number of phosphoric acid groups is 2. The Morgan fingerprint density at radius 3 is 0.785 bits per heavy atom. The summed E-state index contributed by atoms with van der Waals surface area (Å²) in [5.74, 6) is -1.61. The van der Waals surface area contributed by atoms with Crippen LogP contribution in [0.4, 0.5) is 0 Å². The Morgan fingerprint density at radius 2 is 0.495 bits per heavy atom. The number of carbonyl (C=O) groups excluding carboxylic acids is 3. The van der Waals surface area contributed by atoms with Crippen molar-refractivity contribution in [3.8, 4) is 0 Å². The molecule has 0 spiro atoms. The molecule has 0 saturated carbocycles. The van der Waals surface area contributed by atoms with Crippen molar-refractivity contribution in [3.63, 3.8) is 0 Å². The van der Waals surface area contributed by atoms with E-state index in [1.165, 1.54) is 122 Å². The molecular weight excluding hydrogens is 1390 g/mol. The summed E-state index contributed by atoms with van der Waals surface area (Å²) in [5, 5.41) is 20.7. The summed E-state index contributed by atoms with van der Waals surface area (Å²) in [4.78, 5) is 58.8. The third-order valence-electron chi connectivity index (χ3n) is 17.5. The molecule has 0 aliphatic carbocycles. The number of aliphatic hydroxyl groups excluding tert-OH is 2. The third-order valence-corrected chi connectivity index (χ3v) is 19.4. The molecule has 0 heterocycles. The van der Waals surface area contributed by atoms with Crippen LogP contribution in [0.3, 0.4) is 0 Å². The van der Waals surface area contributed by atoms with Gasteiger partial charge in [0.05, 0.1) is 26.4 Å². The number of esters is 3. The van der Waals surface area contributed by atoms with Crippen LogP contribution in [0.2, 0.25) is 0 Å². The minimum absolute atomic E-state index is 0.0825. The van der Waals surface area contributed by atoms with Crippen LogP contribution < -0.4 is 0 Å². The summed E-state index contributed by atoms with van der Waals surface area (Å²) in [7, 11) is -9.81. The molecule has 5 unspecified atom stereocenters. The molecule has 0 amide bonds. The van der Waals surface area contributed by atoms with Crippen LogP contribution >= 0.6 is 15.6 Å². The standard InChI is InChI=1S/C89H152O16P2/c1-4-7-10-13-16-19-22-25-28-31-34-36-37-38-39-40-41-42-43-44-45-47-50-51-54-57-60-63-66-69-72-75-87(92)99-78-84(90)79-101-106(95,96)102-80-85(91)81-103-107(97,98)104-83-86(105-89(94)77-74-71-68-65-62-59-56-53-48-33-30-27-24-21-18-15-12-9-6-3)82-100-88(93)76-73-70-67-64-61-58-55-52-49-46-35-32-29-26-23-20-17-14-11-8-5-2/h7,10,16-21,25-30,34-36,38-39,46,48,52-53,55,84-86,90-91H,4-6,8-9,11-15,22-24,31-33,37,40-45,47,49-51,54,56-83H2,1-3H3,(H,95,96)(H,97,98)/b10-7-,19-16-,20-17-,21-18-,28-25-,29-26-,30-27-,36-34-,39-38-,46-35-,53-48-,55-52-. The number of aliphatic hydroxyl groups is 2. The highest BCUT2D eigenvalue weighted by molar-refractivity contribution is 7.47. The summed E-state index contributed by atoms with van der Waals surface area (Å²) >= 11 is 0. The van der Waals surface area contributed by atoms with Crippen LogP contribution in [-0.4, -0.2) is 95.9 Å². The van der Waals surface area contributed by atoms with Gasteiger partial charge in [0.25, 0.3) is 0 Å². The monoisotopic (exact) mass is 1540 g/mol. The molecule has 614 valence electrons. The first kappa shape index (κ1) is 102. The van der Waals surface area contributed by atoms with Crippen molar-refractivity contribution < 1.29 is 75.8 Å². The molecule has 0 aliphatic rings. The fourth-order valence-electron chi connectivity index (χ4n) is 11.1. The largest absolute Gasteiger partial charge is 0.472 e. The van der Waals surface area contributed by atoms with E-state index in [9.17, 15) is 43.5 Å². The van der Waals surface area contributed by atoms with Crippen LogP contribution in [0, 0.1) is 0 Å². The van der Waals surface area contributed by atoms with Gasteiger partial charge in [-0.15, -0.1) is 0 Å². The van der Waals surface area contributed by atoms with Gasteiger partial charge >= 0.3 is 33.6 Å². The van der Waals surface area contributed by atoms with E-state index in [1.54, 1.807) is 0 Å². The Labute approximate surface area is 651 Å².